The standard InChI is InChI=1S/C29H37N5O4S.2ClH/c1-3-4-18-34(29(35)31-25-6-5-17-30-21-25)26-15-19-33(20-16-26)22-23-7-11-27(12-8-23)38-28-13-9-24(10-14-28)32-39(2,36)37;;/h5-14,17,21,26,32H,3-4,15-16,18-20,22H2,1-2H3,(H,31,35);2*1H. The number of hydrogen-bond donors (Lipinski definition) is 2. The molecule has 0 aliphatic carbocycles. The molecule has 2 heterocycles. The monoisotopic (exact) mass is 623 g/mol. The zero-order chi connectivity index (χ0) is 27.7. The normalized spacial score (nSPS) is 13.8. The summed E-state index contributed by atoms with van der Waals surface area (Å²) >= 11 is 0. The number of rotatable bonds is 11. The summed E-state index contributed by atoms with van der Waals surface area (Å²) in [6.45, 7) is 5.60. The number of aromatic nitrogens is 1. The zero-order valence-electron chi connectivity index (χ0n) is 23.4. The smallest absolute Gasteiger partial charge is 0.322 e. The molecule has 2 N–H and O–H groups in total. The second kappa shape index (κ2) is 16.4. The Balaban J connectivity index is 0.00000294. The van der Waals surface area contributed by atoms with Crippen molar-refractivity contribution in [3.63, 3.8) is 0 Å². The van der Waals surface area contributed by atoms with Gasteiger partial charge in [0.25, 0.3) is 0 Å². The number of sulfonamides is 1. The van der Waals surface area contributed by atoms with Crippen molar-refractivity contribution in [2.24, 2.45) is 0 Å². The number of halogens is 2. The first-order valence-electron chi connectivity index (χ1n) is 13.3. The summed E-state index contributed by atoms with van der Waals surface area (Å²) in [6, 6.07) is 18.7. The van der Waals surface area contributed by atoms with Crippen LogP contribution in [0.15, 0.2) is 73.1 Å². The summed E-state index contributed by atoms with van der Waals surface area (Å²) in [7, 11) is -3.31. The third-order valence-electron chi connectivity index (χ3n) is 6.65. The van der Waals surface area contributed by atoms with Crippen LogP contribution in [0.25, 0.3) is 0 Å². The van der Waals surface area contributed by atoms with Crippen LogP contribution in [-0.2, 0) is 16.6 Å². The number of anilines is 2. The maximum atomic E-state index is 13.1. The van der Waals surface area contributed by atoms with Crippen molar-refractivity contribution in [3.8, 4) is 11.5 Å². The van der Waals surface area contributed by atoms with Crippen LogP contribution in [-0.4, -0.2) is 61.2 Å². The molecular weight excluding hydrogens is 585 g/mol. The number of urea groups is 1. The Kier molecular flexibility index (Phi) is 13.7. The van der Waals surface area contributed by atoms with E-state index in [4.69, 9.17) is 4.74 Å². The van der Waals surface area contributed by atoms with Crippen LogP contribution < -0.4 is 14.8 Å². The van der Waals surface area contributed by atoms with Gasteiger partial charge in [0.1, 0.15) is 11.5 Å². The molecule has 1 aromatic heterocycles. The van der Waals surface area contributed by atoms with Gasteiger partial charge in [-0.2, -0.15) is 0 Å². The number of amides is 2. The number of hydrogen-bond acceptors (Lipinski definition) is 6. The fourth-order valence-corrected chi connectivity index (χ4v) is 5.23. The topological polar surface area (TPSA) is 104 Å². The summed E-state index contributed by atoms with van der Waals surface area (Å²) in [4.78, 5) is 21.6. The van der Waals surface area contributed by atoms with E-state index in [1.54, 1.807) is 36.7 Å². The fraction of sp³-hybridized carbons (Fsp3) is 0.379. The highest BCUT2D eigenvalue weighted by molar-refractivity contribution is 7.92. The molecule has 0 bridgehead atoms. The highest BCUT2D eigenvalue weighted by Crippen LogP contribution is 2.25. The SMILES string of the molecule is CCCCN(C(=O)Nc1cccnc1)C1CCN(Cc2ccc(Oc3ccc(NS(C)(=O)=O)cc3)cc2)CC1.Cl.Cl. The van der Waals surface area contributed by atoms with E-state index in [0.29, 0.717) is 17.2 Å². The first-order valence-corrected chi connectivity index (χ1v) is 15.2. The minimum Gasteiger partial charge on any atom is -0.457 e. The Hall–Kier alpha value is -3.05. The number of unbranched alkanes of at least 4 members (excludes halogenated alkanes) is 1. The van der Waals surface area contributed by atoms with Crippen molar-refractivity contribution < 1.29 is 17.9 Å². The lowest BCUT2D eigenvalue weighted by molar-refractivity contribution is 0.122. The van der Waals surface area contributed by atoms with Gasteiger partial charge in [-0.15, -0.1) is 24.8 Å². The van der Waals surface area contributed by atoms with Gasteiger partial charge in [0.2, 0.25) is 10.0 Å². The van der Waals surface area contributed by atoms with E-state index in [-0.39, 0.29) is 36.9 Å². The third kappa shape index (κ3) is 11.0. The van der Waals surface area contributed by atoms with E-state index in [1.165, 1.54) is 5.56 Å². The number of pyridine rings is 1. The number of carbonyl (C=O) groups excluding carboxylic acids is 1. The van der Waals surface area contributed by atoms with Crippen molar-refractivity contribution in [3.05, 3.63) is 78.6 Å². The van der Waals surface area contributed by atoms with Gasteiger partial charge in [-0.3, -0.25) is 14.6 Å². The maximum Gasteiger partial charge on any atom is 0.322 e. The number of carbonyl (C=O) groups is 1. The molecule has 0 atom stereocenters. The molecular formula is C29H39Cl2N5O4S. The molecule has 224 valence electrons. The summed E-state index contributed by atoms with van der Waals surface area (Å²) in [5, 5.41) is 3.01. The number of ether oxygens (including phenoxy) is 1. The number of likely N-dealkylation sites (tertiary alicyclic amines) is 1. The molecule has 9 nitrogen and oxygen atoms in total. The van der Waals surface area contributed by atoms with Gasteiger partial charge in [-0.1, -0.05) is 25.5 Å². The van der Waals surface area contributed by atoms with Crippen LogP contribution in [0.1, 0.15) is 38.2 Å². The maximum absolute atomic E-state index is 13.1. The Morgan fingerprint density at radius 2 is 1.63 bits per heavy atom. The average Bonchev–Trinajstić information content (AvgIpc) is 2.92. The molecule has 3 aromatic rings. The Labute approximate surface area is 255 Å². The van der Waals surface area contributed by atoms with Crippen molar-refractivity contribution >= 4 is 52.2 Å². The molecule has 0 spiro atoms. The molecule has 41 heavy (non-hydrogen) atoms. The van der Waals surface area contributed by atoms with Gasteiger partial charge in [-0.05, 0) is 73.4 Å². The Bertz CT molecular complexity index is 1310. The summed E-state index contributed by atoms with van der Waals surface area (Å²) in [6.07, 6.45) is 8.39. The number of nitrogens with one attached hydrogen (secondary N) is 2. The van der Waals surface area contributed by atoms with E-state index in [0.717, 1.165) is 63.8 Å². The van der Waals surface area contributed by atoms with E-state index in [9.17, 15) is 13.2 Å². The molecule has 1 aliphatic heterocycles. The first kappa shape index (κ1) is 34.2. The van der Waals surface area contributed by atoms with Gasteiger partial charge < -0.3 is 15.0 Å². The van der Waals surface area contributed by atoms with Crippen LogP contribution >= 0.6 is 24.8 Å². The van der Waals surface area contributed by atoms with Gasteiger partial charge in [0.15, 0.2) is 0 Å². The largest absolute Gasteiger partial charge is 0.457 e. The molecule has 1 fully saturated rings. The molecule has 2 aromatic carbocycles. The highest BCUT2D eigenvalue weighted by Gasteiger charge is 2.27. The van der Waals surface area contributed by atoms with Crippen LogP contribution in [0, 0.1) is 0 Å². The van der Waals surface area contributed by atoms with Gasteiger partial charge in [0, 0.05) is 44.1 Å². The minimum absolute atomic E-state index is 0. The van der Waals surface area contributed by atoms with Gasteiger partial charge in [0.05, 0.1) is 18.1 Å². The van der Waals surface area contributed by atoms with E-state index >= 15 is 0 Å². The molecule has 0 unspecified atom stereocenters. The van der Waals surface area contributed by atoms with Gasteiger partial charge >= 0.3 is 6.03 Å². The van der Waals surface area contributed by atoms with Crippen LogP contribution in [0.4, 0.5) is 16.2 Å². The predicted molar refractivity (Wildman–Crippen MR) is 169 cm³/mol. The molecule has 1 saturated heterocycles. The fourth-order valence-electron chi connectivity index (χ4n) is 4.66. The summed E-state index contributed by atoms with van der Waals surface area (Å²) in [5.41, 5.74) is 2.41. The van der Waals surface area contributed by atoms with Crippen molar-refractivity contribution in [2.45, 2.75) is 45.2 Å². The summed E-state index contributed by atoms with van der Waals surface area (Å²) in [5.74, 6) is 1.34. The number of nitrogens with zero attached hydrogens (tertiary/aromatic N) is 3. The van der Waals surface area contributed by atoms with Crippen LogP contribution in [0.3, 0.4) is 0 Å². The van der Waals surface area contributed by atoms with Gasteiger partial charge in [-0.25, -0.2) is 13.2 Å². The average molecular weight is 625 g/mol. The molecule has 2 amide bonds. The lowest BCUT2D eigenvalue weighted by atomic mass is 10.0. The summed E-state index contributed by atoms with van der Waals surface area (Å²) < 4.78 is 31.1. The molecule has 4 rings (SSSR count). The van der Waals surface area contributed by atoms with E-state index in [1.807, 2.05) is 29.2 Å². The number of piperidine rings is 1. The highest BCUT2D eigenvalue weighted by atomic mass is 35.5. The lowest BCUT2D eigenvalue weighted by Gasteiger charge is -2.38. The molecule has 0 radical (unpaired) electrons. The Morgan fingerprint density at radius 1 is 1.00 bits per heavy atom. The predicted octanol–water partition coefficient (Wildman–Crippen LogP) is 6.39. The van der Waals surface area contributed by atoms with Crippen molar-refractivity contribution in [1.82, 2.24) is 14.8 Å². The molecule has 1 aliphatic rings. The molecule has 12 heteroatoms. The zero-order valence-corrected chi connectivity index (χ0v) is 25.8. The first-order chi connectivity index (χ1) is 18.8. The van der Waals surface area contributed by atoms with E-state index < -0.39 is 10.0 Å². The second-order valence-electron chi connectivity index (χ2n) is 9.87. The minimum atomic E-state index is -3.31. The Morgan fingerprint density at radius 3 is 2.20 bits per heavy atom. The third-order valence-corrected chi connectivity index (χ3v) is 7.25. The second-order valence-corrected chi connectivity index (χ2v) is 11.6. The van der Waals surface area contributed by atoms with Crippen molar-refractivity contribution in [1.29, 1.82) is 0 Å². The van der Waals surface area contributed by atoms with E-state index in [2.05, 4.69) is 39.0 Å². The number of benzene rings is 2. The van der Waals surface area contributed by atoms with Crippen LogP contribution in [0.2, 0.25) is 0 Å². The van der Waals surface area contributed by atoms with Crippen molar-refractivity contribution in [2.75, 3.05) is 35.9 Å². The van der Waals surface area contributed by atoms with Crippen LogP contribution in [0.5, 0.6) is 11.5 Å². The quantitative estimate of drug-likeness (QED) is 0.256. The lowest BCUT2D eigenvalue weighted by Crippen LogP contribution is -2.49. The molecule has 0 saturated carbocycles.